The van der Waals surface area contributed by atoms with Crippen LogP contribution in [0, 0.1) is 6.92 Å². The molecule has 27 heavy (non-hydrogen) atoms. The number of rotatable bonds is 6. The number of hydrogen-bond acceptors (Lipinski definition) is 6. The molecule has 2 N–H and O–H groups in total. The highest BCUT2D eigenvalue weighted by molar-refractivity contribution is 7.13. The summed E-state index contributed by atoms with van der Waals surface area (Å²) in [6.45, 7) is 5.58. The first kappa shape index (κ1) is 19.4. The Labute approximate surface area is 163 Å². The first-order valence-corrected chi connectivity index (χ1v) is 10.2. The molecule has 8 heteroatoms. The first-order chi connectivity index (χ1) is 13.1. The lowest BCUT2D eigenvalue weighted by molar-refractivity contribution is 0.0948. The molecule has 2 aromatic rings. The molecule has 1 aromatic carbocycles. The van der Waals surface area contributed by atoms with Gasteiger partial charge in [0, 0.05) is 24.3 Å². The number of carbonyl (C=O) groups excluding carboxylic acids is 2. The number of likely N-dealkylation sites (tertiary alicyclic amines) is 1. The number of anilines is 1. The fourth-order valence-electron chi connectivity index (χ4n) is 3.07. The predicted molar refractivity (Wildman–Crippen MR) is 106 cm³/mol. The van der Waals surface area contributed by atoms with E-state index >= 15 is 0 Å². The van der Waals surface area contributed by atoms with Gasteiger partial charge in [-0.05, 0) is 57.1 Å². The summed E-state index contributed by atoms with van der Waals surface area (Å²) >= 11 is 1.24. The smallest absolute Gasteiger partial charge is 0.286 e. The lowest BCUT2D eigenvalue weighted by Gasteiger charge is -2.19. The number of amides is 2. The summed E-state index contributed by atoms with van der Waals surface area (Å²) in [4.78, 5) is 26.8. The monoisotopic (exact) mass is 387 g/mol. The van der Waals surface area contributed by atoms with Crippen LogP contribution in [-0.2, 0) is 0 Å². The van der Waals surface area contributed by atoms with Crippen molar-refractivity contribution in [3.63, 3.8) is 0 Å². The standard InChI is InChI=1S/C19H25N5O2S/c1-14-22-23-19(27-14)18(26)21-16-8-6-15(7-9-16)17(25)20-10-13-24-11-4-2-3-5-12-24/h6-9H,2-5,10-13H2,1H3,(H,20,25)(H,21,26). The van der Waals surface area contributed by atoms with Crippen molar-refractivity contribution in [1.29, 1.82) is 0 Å². The average Bonchev–Trinajstić information content (AvgIpc) is 2.94. The number of aryl methyl sites for hydroxylation is 1. The number of aromatic nitrogens is 2. The highest BCUT2D eigenvalue weighted by Crippen LogP contribution is 2.14. The maximum Gasteiger partial charge on any atom is 0.286 e. The van der Waals surface area contributed by atoms with Crippen LogP contribution in [0.2, 0.25) is 0 Å². The van der Waals surface area contributed by atoms with Gasteiger partial charge >= 0.3 is 0 Å². The van der Waals surface area contributed by atoms with E-state index in [9.17, 15) is 9.59 Å². The first-order valence-electron chi connectivity index (χ1n) is 9.34. The van der Waals surface area contributed by atoms with Gasteiger partial charge in [0.1, 0.15) is 5.01 Å². The van der Waals surface area contributed by atoms with E-state index in [1.54, 1.807) is 31.2 Å². The molecule has 144 valence electrons. The SMILES string of the molecule is Cc1nnc(C(=O)Nc2ccc(C(=O)NCCN3CCCCCC3)cc2)s1. The second-order valence-electron chi connectivity index (χ2n) is 6.67. The molecule has 0 saturated carbocycles. The lowest BCUT2D eigenvalue weighted by Crippen LogP contribution is -2.35. The average molecular weight is 388 g/mol. The minimum absolute atomic E-state index is 0.0950. The van der Waals surface area contributed by atoms with Crippen LogP contribution in [-0.4, -0.2) is 53.1 Å². The largest absolute Gasteiger partial charge is 0.351 e. The Morgan fingerprint density at radius 2 is 1.74 bits per heavy atom. The van der Waals surface area contributed by atoms with Gasteiger partial charge in [-0.2, -0.15) is 0 Å². The molecule has 1 aliphatic rings. The van der Waals surface area contributed by atoms with E-state index in [1.165, 1.54) is 37.0 Å². The molecular formula is C19H25N5O2S. The van der Waals surface area contributed by atoms with Gasteiger partial charge in [-0.25, -0.2) is 0 Å². The third-order valence-electron chi connectivity index (χ3n) is 4.54. The Balaban J connectivity index is 1.46. The van der Waals surface area contributed by atoms with Crippen molar-refractivity contribution in [2.45, 2.75) is 32.6 Å². The van der Waals surface area contributed by atoms with Crippen molar-refractivity contribution in [3.05, 3.63) is 39.8 Å². The van der Waals surface area contributed by atoms with Crippen molar-refractivity contribution < 1.29 is 9.59 Å². The third kappa shape index (κ3) is 5.83. The molecule has 0 radical (unpaired) electrons. The summed E-state index contributed by atoms with van der Waals surface area (Å²) in [5, 5.41) is 14.5. The lowest BCUT2D eigenvalue weighted by atomic mass is 10.2. The van der Waals surface area contributed by atoms with Gasteiger partial charge in [0.25, 0.3) is 11.8 Å². The number of nitrogens with zero attached hydrogens (tertiary/aromatic N) is 3. The summed E-state index contributed by atoms with van der Waals surface area (Å²) in [6.07, 6.45) is 5.12. The molecule has 7 nitrogen and oxygen atoms in total. The van der Waals surface area contributed by atoms with Gasteiger partial charge in [-0.1, -0.05) is 24.2 Å². The Morgan fingerprint density at radius 1 is 1.04 bits per heavy atom. The second kappa shape index (κ2) is 9.57. The number of hydrogen-bond donors (Lipinski definition) is 2. The molecule has 2 amide bonds. The van der Waals surface area contributed by atoms with E-state index in [0.717, 1.165) is 24.6 Å². The minimum Gasteiger partial charge on any atom is -0.351 e. The fourth-order valence-corrected chi connectivity index (χ4v) is 3.65. The molecule has 2 heterocycles. The number of carbonyl (C=O) groups is 2. The van der Waals surface area contributed by atoms with E-state index in [-0.39, 0.29) is 11.8 Å². The van der Waals surface area contributed by atoms with Crippen LogP contribution < -0.4 is 10.6 Å². The van der Waals surface area contributed by atoms with Crippen molar-refractivity contribution in [3.8, 4) is 0 Å². The zero-order valence-corrected chi connectivity index (χ0v) is 16.3. The summed E-state index contributed by atoms with van der Waals surface area (Å²) in [5.41, 5.74) is 1.20. The summed E-state index contributed by atoms with van der Waals surface area (Å²) < 4.78 is 0. The summed E-state index contributed by atoms with van der Waals surface area (Å²) in [6, 6.07) is 6.86. The Hall–Kier alpha value is -2.32. The van der Waals surface area contributed by atoms with Gasteiger partial charge in [0.15, 0.2) is 0 Å². The van der Waals surface area contributed by atoms with Crippen LogP contribution in [0.3, 0.4) is 0 Å². The van der Waals surface area contributed by atoms with Crippen LogP contribution in [0.4, 0.5) is 5.69 Å². The zero-order chi connectivity index (χ0) is 19.1. The van der Waals surface area contributed by atoms with Crippen molar-refractivity contribution >= 4 is 28.8 Å². The van der Waals surface area contributed by atoms with E-state index in [2.05, 4.69) is 25.7 Å². The van der Waals surface area contributed by atoms with Gasteiger partial charge in [-0.3, -0.25) is 9.59 Å². The van der Waals surface area contributed by atoms with Crippen LogP contribution >= 0.6 is 11.3 Å². The van der Waals surface area contributed by atoms with E-state index in [1.807, 2.05) is 0 Å². The van der Waals surface area contributed by atoms with Crippen molar-refractivity contribution in [2.75, 3.05) is 31.5 Å². The molecule has 1 aromatic heterocycles. The zero-order valence-electron chi connectivity index (χ0n) is 15.5. The molecule has 1 saturated heterocycles. The van der Waals surface area contributed by atoms with Gasteiger partial charge in [-0.15, -0.1) is 10.2 Å². The molecule has 1 aliphatic heterocycles. The molecule has 0 bridgehead atoms. The molecule has 0 aliphatic carbocycles. The van der Waals surface area contributed by atoms with Gasteiger partial charge < -0.3 is 15.5 Å². The van der Waals surface area contributed by atoms with Crippen molar-refractivity contribution in [2.24, 2.45) is 0 Å². The van der Waals surface area contributed by atoms with E-state index in [0.29, 0.717) is 22.8 Å². The van der Waals surface area contributed by atoms with Gasteiger partial charge in [0.05, 0.1) is 0 Å². The highest BCUT2D eigenvalue weighted by atomic mass is 32.1. The number of nitrogens with one attached hydrogen (secondary N) is 2. The Bertz CT molecular complexity index is 767. The fraction of sp³-hybridized carbons (Fsp3) is 0.474. The topological polar surface area (TPSA) is 87.2 Å². The minimum atomic E-state index is -0.296. The molecule has 0 atom stereocenters. The molecule has 3 rings (SSSR count). The van der Waals surface area contributed by atoms with Crippen molar-refractivity contribution in [1.82, 2.24) is 20.4 Å². The van der Waals surface area contributed by atoms with E-state index in [4.69, 9.17) is 0 Å². The quantitative estimate of drug-likeness (QED) is 0.796. The highest BCUT2D eigenvalue weighted by Gasteiger charge is 2.13. The second-order valence-corrected chi connectivity index (χ2v) is 7.85. The summed E-state index contributed by atoms with van der Waals surface area (Å²) in [5.74, 6) is -0.391. The predicted octanol–water partition coefficient (Wildman–Crippen LogP) is 2.70. The Kier molecular flexibility index (Phi) is 6.89. The van der Waals surface area contributed by atoms with Crippen LogP contribution in [0.15, 0.2) is 24.3 Å². The van der Waals surface area contributed by atoms with Crippen LogP contribution in [0.1, 0.15) is 50.9 Å². The summed E-state index contributed by atoms with van der Waals surface area (Å²) in [7, 11) is 0. The molecular weight excluding hydrogens is 362 g/mol. The molecule has 0 unspecified atom stereocenters. The van der Waals surface area contributed by atoms with Gasteiger partial charge in [0.2, 0.25) is 5.01 Å². The normalized spacial score (nSPS) is 15.1. The number of benzene rings is 1. The maximum atomic E-state index is 12.3. The maximum absolute atomic E-state index is 12.3. The Morgan fingerprint density at radius 3 is 2.37 bits per heavy atom. The third-order valence-corrected chi connectivity index (χ3v) is 5.37. The molecule has 0 spiro atoms. The molecule has 1 fully saturated rings. The van der Waals surface area contributed by atoms with Crippen LogP contribution in [0.5, 0.6) is 0 Å². The van der Waals surface area contributed by atoms with E-state index < -0.39 is 0 Å². The van der Waals surface area contributed by atoms with Crippen LogP contribution in [0.25, 0.3) is 0 Å².